The molecule has 0 aromatic carbocycles. The molecule has 0 amide bonds. The minimum atomic E-state index is 0.468. The van der Waals surface area contributed by atoms with Crippen molar-refractivity contribution in [1.29, 1.82) is 5.53 Å². The fourth-order valence-electron chi connectivity index (χ4n) is 0.112. The lowest BCUT2D eigenvalue weighted by Crippen LogP contribution is -2.29. The maximum Gasteiger partial charge on any atom is 0.0593 e. The first-order valence-corrected chi connectivity index (χ1v) is 2.04. The maximum atomic E-state index is 6.07. The summed E-state index contributed by atoms with van der Waals surface area (Å²) in [5, 5.41) is 3.33. The number of hydrogen-bond donors (Lipinski definition) is 2. The third-order valence-electron chi connectivity index (χ3n) is 0.478. The molecule has 0 bridgehead atoms. The standard InChI is InChI=1S/C2H8N4O2/c1-2-6(4)8-7-5-3/h3H,2,4H2,1H3. The summed E-state index contributed by atoms with van der Waals surface area (Å²) in [5.41, 5.74) is 6.07. The molecule has 0 saturated heterocycles. The van der Waals surface area contributed by atoms with Crippen LogP contribution < -0.4 is 5.84 Å². The van der Waals surface area contributed by atoms with Crippen molar-refractivity contribution in [2.75, 3.05) is 6.54 Å². The van der Waals surface area contributed by atoms with Crippen LogP contribution in [0.5, 0.6) is 0 Å². The molecule has 48 valence electrons. The van der Waals surface area contributed by atoms with Gasteiger partial charge in [-0.15, -0.1) is 0 Å². The first kappa shape index (κ1) is 7.28. The molecule has 0 aromatic rings. The number of nitrogens with one attached hydrogen (secondary N) is 1. The van der Waals surface area contributed by atoms with Gasteiger partial charge in [-0.25, -0.2) is 5.84 Å². The Kier molecular flexibility index (Phi) is 4.04. The molecule has 0 saturated carbocycles. The second kappa shape index (κ2) is 4.44. The van der Waals surface area contributed by atoms with Crippen molar-refractivity contribution in [1.82, 2.24) is 5.17 Å². The Morgan fingerprint density at radius 1 is 1.88 bits per heavy atom. The van der Waals surface area contributed by atoms with Gasteiger partial charge in [-0.05, 0) is 11.9 Å². The molecule has 0 radical (unpaired) electrons. The predicted octanol–water partition coefficient (Wildman–Crippen LogP) is -0.00883. The van der Waals surface area contributed by atoms with Crippen LogP contribution in [0.3, 0.4) is 0 Å². The SMILES string of the molecule is CCN(N)OON=N. The van der Waals surface area contributed by atoms with Crippen LogP contribution in [-0.4, -0.2) is 11.7 Å². The van der Waals surface area contributed by atoms with Crippen LogP contribution in [0, 0.1) is 5.53 Å². The lowest BCUT2D eigenvalue weighted by Gasteiger charge is -2.05. The summed E-state index contributed by atoms with van der Waals surface area (Å²) in [4.78, 5) is 7.88. The fourth-order valence-corrected chi connectivity index (χ4v) is 0.112. The number of nitrogens with zero attached hydrogens (tertiary/aromatic N) is 2. The van der Waals surface area contributed by atoms with E-state index in [4.69, 9.17) is 11.4 Å². The molecular weight excluding hydrogens is 112 g/mol. The first-order valence-electron chi connectivity index (χ1n) is 2.04. The van der Waals surface area contributed by atoms with Crippen molar-refractivity contribution < 1.29 is 9.98 Å². The average molecular weight is 120 g/mol. The van der Waals surface area contributed by atoms with Crippen molar-refractivity contribution in [2.45, 2.75) is 6.92 Å². The number of hydrazine groups is 1. The van der Waals surface area contributed by atoms with Crippen molar-refractivity contribution in [3.63, 3.8) is 0 Å². The number of hydroxylamine groups is 1. The topological polar surface area (TPSA) is 83.9 Å². The Bertz CT molecular complexity index is 67.1. The molecule has 0 aromatic heterocycles. The molecule has 0 aliphatic carbocycles. The molecule has 0 fully saturated rings. The minimum absolute atomic E-state index is 0.468. The smallest absolute Gasteiger partial charge is 0.0593 e. The Morgan fingerprint density at radius 2 is 2.50 bits per heavy atom. The number of nitrogens with two attached hydrogens (primary N) is 1. The van der Waals surface area contributed by atoms with E-state index in [2.05, 4.69) is 15.3 Å². The van der Waals surface area contributed by atoms with Gasteiger partial charge in [-0.3, -0.25) is 0 Å². The summed E-state index contributed by atoms with van der Waals surface area (Å²) in [7, 11) is 0. The van der Waals surface area contributed by atoms with Gasteiger partial charge in [0.25, 0.3) is 0 Å². The van der Waals surface area contributed by atoms with Gasteiger partial charge in [-0.1, -0.05) is 5.17 Å². The van der Waals surface area contributed by atoms with E-state index in [0.717, 1.165) is 5.17 Å². The second-order valence-electron chi connectivity index (χ2n) is 0.974. The summed E-state index contributed by atoms with van der Waals surface area (Å²) >= 11 is 0. The van der Waals surface area contributed by atoms with E-state index in [0.29, 0.717) is 6.54 Å². The highest BCUT2D eigenvalue weighted by molar-refractivity contribution is 4.12. The molecule has 0 aliphatic rings. The van der Waals surface area contributed by atoms with Crippen LogP contribution in [0.2, 0.25) is 0 Å². The van der Waals surface area contributed by atoms with Crippen LogP contribution in [0.1, 0.15) is 6.92 Å². The number of rotatable bonds is 4. The quantitative estimate of drug-likeness (QED) is 0.236. The summed E-state index contributed by atoms with van der Waals surface area (Å²) in [5.74, 6) is 5.00. The summed E-state index contributed by atoms with van der Waals surface area (Å²) < 4.78 is 0. The molecule has 0 rings (SSSR count). The molecule has 0 heterocycles. The van der Waals surface area contributed by atoms with E-state index in [1.165, 1.54) is 0 Å². The van der Waals surface area contributed by atoms with Gasteiger partial charge in [-0.2, -0.15) is 10.5 Å². The van der Waals surface area contributed by atoms with Crippen molar-refractivity contribution >= 4 is 0 Å². The monoisotopic (exact) mass is 120 g/mol. The fraction of sp³-hybridized carbons (Fsp3) is 1.00. The van der Waals surface area contributed by atoms with Gasteiger partial charge in [0.1, 0.15) is 0 Å². The van der Waals surface area contributed by atoms with E-state index < -0.39 is 0 Å². The highest BCUT2D eigenvalue weighted by Gasteiger charge is 1.91. The van der Waals surface area contributed by atoms with Gasteiger partial charge < -0.3 is 0 Å². The van der Waals surface area contributed by atoms with Crippen LogP contribution in [0.15, 0.2) is 5.28 Å². The van der Waals surface area contributed by atoms with E-state index in [1.807, 2.05) is 0 Å². The van der Waals surface area contributed by atoms with Gasteiger partial charge in [0.15, 0.2) is 0 Å². The van der Waals surface area contributed by atoms with Crippen LogP contribution in [0.4, 0.5) is 0 Å². The molecule has 3 N–H and O–H groups in total. The summed E-state index contributed by atoms with van der Waals surface area (Å²) in [6.07, 6.45) is 0. The van der Waals surface area contributed by atoms with Gasteiger partial charge >= 0.3 is 0 Å². The predicted molar refractivity (Wildman–Crippen MR) is 23.9 cm³/mol. The first-order chi connectivity index (χ1) is 3.81. The van der Waals surface area contributed by atoms with Crippen LogP contribution in [-0.2, 0) is 9.98 Å². The highest BCUT2D eigenvalue weighted by Crippen LogP contribution is 1.80. The van der Waals surface area contributed by atoms with Gasteiger partial charge in [0.05, 0.1) is 5.28 Å². The molecule has 6 heteroatoms. The zero-order chi connectivity index (χ0) is 6.41. The Labute approximate surface area is 46.5 Å². The van der Waals surface area contributed by atoms with Crippen molar-refractivity contribution in [2.24, 2.45) is 11.1 Å². The molecular formula is C2H8N4O2. The average Bonchev–Trinajstić information content (AvgIpc) is 1.83. The Hall–Kier alpha value is -0.720. The van der Waals surface area contributed by atoms with Gasteiger partial charge in [0, 0.05) is 6.54 Å². The molecule has 6 nitrogen and oxygen atoms in total. The molecule has 0 atom stereocenters. The lowest BCUT2D eigenvalue weighted by atomic mass is 10.8. The van der Waals surface area contributed by atoms with E-state index in [1.54, 1.807) is 6.92 Å². The molecule has 0 spiro atoms. The third-order valence-corrected chi connectivity index (χ3v) is 0.478. The minimum Gasteiger partial charge on any atom is -0.242 e. The number of hydrogen-bond acceptors (Lipinski definition) is 6. The van der Waals surface area contributed by atoms with Crippen LogP contribution in [0.25, 0.3) is 0 Å². The van der Waals surface area contributed by atoms with Gasteiger partial charge in [0.2, 0.25) is 0 Å². The van der Waals surface area contributed by atoms with E-state index in [-0.39, 0.29) is 0 Å². The van der Waals surface area contributed by atoms with Crippen molar-refractivity contribution in [3.8, 4) is 0 Å². The van der Waals surface area contributed by atoms with Crippen molar-refractivity contribution in [3.05, 3.63) is 0 Å². The molecule has 0 aliphatic heterocycles. The highest BCUT2D eigenvalue weighted by atomic mass is 17.3. The zero-order valence-corrected chi connectivity index (χ0v) is 4.50. The second-order valence-corrected chi connectivity index (χ2v) is 0.974. The normalized spacial score (nSPS) is 9.38. The summed E-state index contributed by atoms with van der Waals surface area (Å²) in [6.45, 7) is 2.23. The van der Waals surface area contributed by atoms with Crippen LogP contribution >= 0.6 is 0 Å². The maximum absolute atomic E-state index is 6.07. The lowest BCUT2D eigenvalue weighted by molar-refractivity contribution is -0.435. The van der Waals surface area contributed by atoms with E-state index >= 15 is 0 Å². The Morgan fingerprint density at radius 3 is 2.88 bits per heavy atom. The third kappa shape index (κ3) is 3.47. The Balaban J connectivity index is 2.97. The van der Waals surface area contributed by atoms with E-state index in [9.17, 15) is 0 Å². The zero-order valence-electron chi connectivity index (χ0n) is 4.50. The molecule has 0 unspecified atom stereocenters. The largest absolute Gasteiger partial charge is 0.242 e. The summed E-state index contributed by atoms with van der Waals surface area (Å²) in [6, 6.07) is 0. The molecule has 8 heavy (non-hydrogen) atoms.